The summed E-state index contributed by atoms with van der Waals surface area (Å²) in [7, 11) is 1.85. The molecule has 1 aromatic carbocycles. The number of carbonyl (C=O) groups is 1. The number of benzene rings is 1. The maximum Gasteiger partial charge on any atom is 0.222 e. The maximum atomic E-state index is 12.2. The first-order valence-electron chi connectivity index (χ1n) is 7.64. The number of carbonyl (C=O) groups excluding carboxylic acids is 1. The van der Waals surface area contributed by atoms with Gasteiger partial charge < -0.3 is 14.6 Å². The highest BCUT2D eigenvalue weighted by Crippen LogP contribution is 2.20. The Kier molecular flexibility index (Phi) is 5.86. The molecular formula is C17H23ClN2O2. The van der Waals surface area contributed by atoms with Crippen molar-refractivity contribution in [1.82, 2.24) is 10.2 Å². The molecule has 5 heteroatoms. The van der Waals surface area contributed by atoms with Gasteiger partial charge in [0.25, 0.3) is 0 Å². The van der Waals surface area contributed by atoms with Crippen molar-refractivity contribution in [2.45, 2.75) is 25.8 Å². The van der Waals surface area contributed by atoms with E-state index in [1.807, 2.05) is 37.4 Å². The molecule has 120 valence electrons. The quantitative estimate of drug-likeness (QED) is 0.919. The lowest BCUT2D eigenvalue weighted by atomic mass is 10.0. The summed E-state index contributed by atoms with van der Waals surface area (Å²) in [6.07, 6.45) is 2.81. The Morgan fingerprint density at radius 3 is 2.95 bits per heavy atom. The van der Waals surface area contributed by atoms with Crippen molar-refractivity contribution in [3.63, 3.8) is 0 Å². The molecule has 1 amide bonds. The van der Waals surface area contributed by atoms with E-state index in [0.717, 1.165) is 36.2 Å². The van der Waals surface area contributed by atoms with Gasteiger partial charge in [0.1, 0.15) is 11.3 Å². The minimum atomic E-state index is 0. The summed E-state index contributed by atoms with van der Waals surface area (Å²) in [6.45, 7) is 2.69. The van der Waals surface area contributed by atoms with E-state index in [2.05, 4.69) is 5.32 Å². The molecule has 1 aliphatic rings. The van der Waals surface area contributed by atoms with E-state index < -0.39 is 0 Å². The van der Waals surface area contributed by atoms with Crippen molar-refractivity contribution >= 4 is 29.3 Å². The van der Waals surface area contributed by atoms with Crippen LogP contribution in [-0.4, -0.2) is 30.9 Å². The third-order valence-corrected chi connectivity index (χ3v) is 4.22. The molecule has 0 aliphatic carbocycles. The molecule has 0 saturated carbocycles. The molecule has 1 unspecified atom stereocenters. The Bertz CT molecular complexity index is 587. The number of nitrogens with one attached hydrogen (secondary N) is 1. The first-order valence-corrected chi connectivity index (χ1v) is 7.64. The summed E-state index contributed by atoms with van der Waals surface area (Å²) in [6, 6.07) is 9.94. The summed E-state index contributed by atoms with van der Waals surface area (Å²) >= 11 is 0. The summed E-state index contributed by atoms with van der Waals surface area (Å²) in [5, 5.41) is 4.43. The Balaban J connectivity index is 0.00000176. The van der Waals surface area contributed by atoms with Crippen molar-refractivity contribution in [3.05, 3.63) is 36.1 Å². The number of para-hydroxylation sites is 1. The predicted molar refractivity (Wildman–Crippen MR) is 90.1 cm³/mol. The van der Waals surface area contributed by atoms with Gasteiger partial charge in [0.2, 0.25) is 5.91 Å². The SMILES string of the molecule is CN(Cc1cc2ccccc2o1)C(=O)CCC1CCNC1.Cl. The first-order chi connectivity index (χ1) is 10.2. The number of furan rings is 1. The van der Waals surface area contributed by atoms with Crippen molar-refractivity contribution in [2.75, 3.05) is 20.1 Å². The average molecular weight is 323 g/mol. The zero-order valence-electron chi connectivity index (χ0n) is 12.9. The van der Waals surface area contributed by atoms with E-state index in [1.54, 1.807) is 4.90 Å². The molecule has 0 bridgehead atoms. The molecule has 0 radical (unpaired) electrons. The standard InChI is InChI=1S/C17H22N2O2.ClH/c1-19(17(20)7-6-13-8-9-18-11-13)12-15-10-14-4-2-3-5-16(14)21-15;/h2-5,10,13,18H,6-9,11-12H2,1H3;1H. The fourth-order valence-electron chi connectivity index (χ4n) is 2.92. The predicted octanol–water partition coefficient (Wildman–Crippen LogP) is 3.20. The Hall–Kier alpha value is -1.52. The van der Waals surface area contributed by atoms with Gasteiger partial charge in [-0.1, -0.05) is 18.2 Å². The molecule has 2 heterocycles. The second-order valence-corrected chi connectivity index (χ2v) is 5.90. The third kappa shape index (κ3) is 4.02. The van der Waals surface area contributed by atoms with E-state index in [1.165, 1.54) is 6.42 Å². The fraction of sp³-hybridized carbons (Fsp3) is 0.471. The van der Waals surface area contributed by atoms with Crippen LogP contribution in [0.3, 0.4) is 0 Å². The Morgan fingerprint density at radius 1 is 1.41 bits per heavy atom. The van der Waals surface area contributed by atoms with Crippen LogP contribution >= 0.6 is 12.4 Å². The normalized spacial score (nSPS) is 17.4. The van der Waals surface area contributed by atoms with Crippen molar-refractivity contribution in [2.24, 2.45) is 5.92 Å². The van der Waals surface area contributed by atoms with Crippen LogP contribution in [0.1, 0.15) is 25.0 Å². The van der Waals surface area contributed by atoms with Crippen molar-refractivity contribution < 1.29 is 9.21 Å². The molecular weight excluding hydrogens is 300 g/mol. The van der Waals surface area contributed by atoms with Crippen LogP contribution in [0.25, 0.3) is 11.0 Å². The van der Waals surface area contributed by atoms with Crippen LogP contribution in [0.5, 0.6) is 0 Å². The number of rotatable bonds is 5. The molecule has 1 aromatic heterocycles. The highest BCUT2D eigenvalue weighted by atomic mass is 35.5. The van der Waals surface area contributed by atoms with Gasteiger partial charge in [0.15, 0.2) is 0 Å². The summed E-state index contributed by atoms with van der Waals surface area (Å²) in [5.74, 6) is 1.70. The van der Waals surface area contributed by atoms with Crippen LogP contribution in [0, 0.1) is 5.92 Å². The largest absolute Gasteiger partial charge is 0.459 e. The molecule has 22 heavy (non-hydrogen) atoms. The van der Waals surface area contributed by atoms with Crippen LogP contribution in [0.2, 0.25) is 0 Å². The maximum absolute atomic E-state index is 12.2. The Labute approximate surface area is 137 Å². The summed E-state index contributed by atoms with van der Waals surface area (Å²) < 4.78 is 5.76. The van der Waals surface area contributed by atoms with Gasteiger partial charge >= 0.3 is 0 Å². The zero-order chi connectivity index (χ0) is 14.7. The number of nitrogens with zero attached hydrogens (tertiary/aromatic N) is 1. The summed E-state index contributed by atoms with van der Waals surface area (Å²) in [4.78, 5) is 13.9. The highest BCUT2D eigenvalue weighted by Gasteiger charge is 2.18. The van der Waals surface area contributed by atoms with Gasteiger partial charge in [0, 0.05) is 18.9 Å². The van der Waals surface area contributed by atoms with E-state index in [-0.39, 0.29) is 18.3 Å². The van der Waals surface area contributed by atoms with E-state index in [4.69, 9.17) is 4.42 Å². The number of amides is 1. The van der Waals surface area contributed by atoms with Gasteiger partial charge in [-0.15, -0.1) is 12.4 Å². The second-order valence-electron chi connectivity index (χ2n) is 5.90. The lowest BCUT2D eigenvalue weighted by Crippen LogP contribution is -2.26. The molecule has 1 fully saturated rings. The minimum Gasteiger partial charge on any atom is -0.459 e. The van der Waals surface area contributed by atoms with Gasteiger partial charge in [-0.2, -0.15) is 0 Å². The fourth-order valence-corrected chi connectivity index (χ4v) is 2.92. The molecule has 1 N–H and O–H groups in total. The van der Waals surface area contributed by atoms with E-state index >= 15 is 0 Å². The topological polar surface area (TPSA) is 45.5 Å². The van der Waals surface area contributed by atoms with Crippen LogP contribution < -0.4 is 5.32 Å². The van der Waals surface area contributed by atoms with Gasteiger partial charge in [-0.25, -0.2) is 0 Å². The van der Waals surface area contributed by atoms with Crippen LogP contribution in [0.4, 0.5) is 0 Å². The third-order valence-electron chi connectivity index (χ3n) is 4.22. The monoisotopic (exact) mass is 322 g/mol. The van der Waals surface area contributed by atoms with E-state index in [0.29, 0.717) is 18.9 Å². The lowest BCUT2D eigenvalue weighted by molar-refractivity contribution is -0.130. The first kappa shape index (κ1) is 16.8. The molecule has 3 rings (SSSR count). The molecule has 2 aromatic rings. The average Bonchev–Trinajstić information content (AvgIpc) is 3.13. The Morgan fingerprint density at radius 2 is 2.23 bits per heavy atom. The number of halogens is 1. The van der Waals surface area contributed by atoms with Crippen molar-refractivity contribution in [3.8, 4) is 0 Å². The summed E-state index contributed by atoms with van der Waals surface area (Å²) in [5.41, 5.74) is 0.880. The number of fused-ring (bicyclic) bond motifs is 1. The molecule has 0 spiro atoms. The smallest absolute Gasteiger partial charge is 0.222 e. The van der Waals surface area contributed by atoms with Crippen LogP contribution in [-0.2, 0) is 11.3 Å². The van der Waals surface area contributed by atoms with Crippen LogP contribution in [0.15, 0.2) is 34.7 Å². The zero-order valence-corrected chi connectivity index (χ0v) is 13.7. The highest BCUT2D eigenvalue weighted by molar-refractivity contribution is 5.85. The second kappa shape index (κ2) is 7.65. The molecule has 1 saturated heterocycles. The van der Waals surface area contributed by atoms with Gasteiger partial charge in [-0.3, -0.25) is 4.79 Å². The molecule has 4 nitrogen and oxygen atoms in total. The molecule has 1 aliphatic heterocycles. The lowest BCUT2D eigenvalue weighted by Gasteiger charge is -2.16. The van der Waals surface area contributed by atoms with Gasteiger partial charge in [-0.05, 0) is 44.0 Å². The molecule has 1 atom stereocenters. The minimum absolute atomic E-state index is 0. The van der Waals surface area contributed by atoms with Crippen molar-refractivity contribution in [1.29, 1.82) is 0 Å². The van der Waals surface area contributed by atoms with Gasteiger partial charge in [0.05, 0.1) is 6.54 Å². The van der Waals surface area contributed by atoms with E-state index in [9.17, 15) is 4.79 Å². The number of hydrogen-bond donors (Lipinski definition) is 1. The number of hydrogen-bond acceptors (Lipinski definition) is 3.